The number of hydrogen-bond acceptors (Lipinski definition) is 11. The molecule has 162 valence electrons. The maximum absolute atomic E-state index is 9.87. The highest BCUT2D eigenvalue weighted by atomic mass is 31.2. The maximum Gasteiger partial charge on any atom is 0.327 e. The lowest BCUT2D eigenvalue weighted by Gasteiger charge is -2.32. The van der Waals surface area contributed by atoms with Gasteiger partial charge in [-0.1, -0.05) is 0 Å². The van der Waals surface area contributed by atoms with Gasteiger partial charge in [0.15, 0.2) is 0 Å². The molecule has 0 fully saturated rings. The summed E-state index contributed by atoms with van der Waals surface area (Å²) in [5.74, 6) is -1.37. The number of ketones is 1. The number of aliphatic hydroxyl groups is 5. The van der Waals surface area contributed by atoms with E-state index < -0.39 is 58.4 Å². The first-order valence-electron chi connectivity index (χ1n) is 7.70. The number of aliphatic carboxylic acids is 1. The van der Waals surface area contributed by atoms with E-state index in [9.17, 15) is 19.8 Å². The summed E-state index contributed by atoms with van der Waals surface area (Å²) in [6.07, 6.45) is -0.361. The number of carboxylic acids is 1. The zero-order chi connectivity index (χ0) is 21.5. The van der Waals surface area contributed by atoms with Crippen molar-refractivity contribution < 1.29 is 59.3 Å². The fraction of sp³-hybridized carbons (Fsp3) is 0.857. The van der Waals surface area contributed by atoms with E-state index in [-0.39, 0.29) is 32.0 Å². The maximum atomic E-state index is 9.87. The molecule has 0 aliphatic rings. The predicted octanol–water partition coefficient (Wildman–Crippen LogP) is -2.78. The third-order valence-electron chi connectivity index (χ3n) is 3.38. The van der Waals surface area contributed by atoms with Crippen LogP contribution in [-0.4, -0.2) is 105 Å². The number of hydrogen-bond donors (Lipinski definition) is 8. The summed E-state index contributed by atoms with van der Waals surface area (Å²) in [6.45, 7) is -2.08. The van der Waals surface area contributed by atoms with Crippen molar-refractivity contribution in [1.82, 2.24) is 0 Å². The van der Waals surface area contributed by atoms with Gasteiger partial charge in [-0.2, -0.15) is 0 Å². The van der Waals surface area contributed by atoms with Crippen molar-refractivity contribution >= 4 is 20.4 Å². The van der Waals surface area contributed by atoms with E-state index >= 15 is 0 Å². The van der Waals surface area contributed by atoms with Crippen molar-refractivity contribution in [2.24, 2.45) is 10.8 Å². The molecule has 12 nitrogen and oxygen atoms in total. The van der Waals surface area contributed by atoms with Crippen molar-refractivity contribution in [2.45, 2.75) is 13.3 Å². The van der Waals surface area contributed by atoms with Gasteiger partial charge in [-0.05, 0) is 6.92 Å². The molecule has 0 rings (SSSR count). The number of carbonyl (C=O) groups excluding carboxylic acids is 1. The van der Waals surface area contributed by atoms with E-state index in [0.29, 0.717) is 0 Å². The Kier molecular flexibility index (Phi) is 16.0. The van der Waals surface area contributed by atoms with Gasteiger partial charge in [0.05, 0.1) is 63.7 Å². The standard InChI is InChI=1S/C10H23O9P.C4H6O3/c11-1-9(2-12,3-13)6-18-7-10(4-14,5-15)8-19-20(16)17;1-3(5)2-4(6)7/h11-17H,1-8H2;2H2,1H3,(H,6,7). The minimum Gasteiger partial charge on any atom is -0.481 e. The molecule has 0 aromatic carbocycles. The van der Waals surface area contributed by atoms with Crippen LogP contribution in [0.2, 0.25) is 0 Å². The zero-order valence-corrected chi connectivity index (χ0v) is 15.9. The van der Waals surface area contributed by atoms with Crippen LogP contribution in [0.3, 0.4) is 0 Å². The number of ether oxygens (including phenoxy) is 1. The molecule has 0 aromatic rings. The van der Waals surface area contributed by atoms with Crippen LogP contribution in [0.5, 0.6) is 0 Å². The minimum atomic E-state index is -2.62. The lowest BCUT2D eigenvalue weighted by molar-refractivity contribution is -0.139. The third kappa shape index (κ3) is 13.1. The Balaban J connectivity index is 0. The van der Waals surface area contributed by atoms with Crippen LogP contribution in [0, 0.1) is 10.8 Å². The SMILES string of the molecule is CC(=O)CC(=O)O.OCC(CO)(CO)COCC(CO)(CO)COP(O)O. The molecule has 0 heterocycles. The van der Waals surface area contributed by atoms with Gasteiger partial charge in [0.25, 0.3) is 0 Å². The average Bonchev–Trinajstić information content (AvgIpc) is 2.61. The molecule has 0 atom stereocenters. The summed E-state index contributed by atoms with van der Waals surface area (Å²) in [6, 6.07) is 0. The second kappa shape index (κ2) is 15.2. The molecule has 0 amide bonds. The van der Waals surface area contributed by atoms with E-state index in [1.54, 1.807) is 0 Å². The Morgan fingerprint density at radius 2 is 1.22 bits per heavy atom. The second-order valence-electron chi connectivity index (χ2n) is 6.08. The number of carbonyl (C=O) groups is 2. The molecule has 0 aliphatic heterocycles. The quantitative estimate of drug-likeness (QED) is 0.106. The smallest absolute Gasteiger partial charge is 0.327 e. The van der Waals surface area contributed by atoms with E-state index in [4.69, 9.17) is 34.9 Å². The minimum absolute atomic E-state index is 0.203. The average molecular weight is 420 g/mol. The lowest BCUT2D eigenvalue weighted by Crippen LogP contribution is -2.43. The molecule has 0 aliphatic carbocycles. The Hall–Kier alpha value is -0.790. The van der Waals surface area contributed by atoms with Gasteiger partial charge in [0.2, 0.25) is 0 Å². The molecule has 13 heteroatoms. The van der Waals surface area contributed by atoms with Gasteiger partial charge in [0, 0.05) is 0 Å². The molecule has 0 aromatic heterocycles. The van der Waals surface area contributed by atoms with Crippen molar-refractivity contribution in [2.75, 3.05) is 52.9 Å². The van der Waals surface area contributed by atoms with Crippen LogP contribution in [0.4, 0.5) is 0 Å². The molecule has 0 spiro atoms. The van der Waals surface area contributed by atoms with Crippen LogP contribution >= 0.6 is 8.60 Å². The molecule has 0 unspecified atom stereocenters. The van der Waals surface area contributed by atoms with Gasteiger partial charge >= 0.3 is 14.6 Å². The van der Waals surface area contributed by atoms with Gasteiger partial charge in [-0.3, -0.25) is 9.59 Å². The summed E-state index contributed by atoms with van der Waals surface area (Å²) in [5, 5.41) is 53.7. The van der Waals surface area contributed by atoms with Gasteiger partial charge < -0.3 is 49.7 Å². The van der Waals surface area contributed by atoms with Gasteiger partial charge in [-0.25, -0.2) is 0 Å². The largest absolute Gasteiger partial charge is 0.481 e. The van der Waals surface area contributed by atoms with Crippen LogP contribution in [-0.2, 0) is 18.8 Å². The fourth-order valence-corrected chi connectivity index (χ4v) is 1.84. The first-order chi connectivity index (χ1) is 12.6. The summed E-state index contributed by atoms with van der Waals surface area (Å²) >= 11 is 0. The van der Waals surface area contributed by atoms with Crippen molar-refractivity contribution in [3.05, 3.63) is 0 Å². The van der Waals surface area contributed by atoms with Gasteiger partial charge in [-0.15, -0.1) is 0 Å². The number of rotatable bonds is 14. The molecule has 27 heavy (non-hydrogen) atoms. The van der Waals surface area contributed by atoms with Crippen LogP contribution < -0.4 is 0 Å². The normalized spacial score (nSPS) is 11.9. The topological polar surface area (TPSA) is 214 Å². The molecule has 0 saturated heterocycles. The van der Waals surface area contributed by atoms with Gasteiger partial charge in [0.1, 0.15) is 12.2 Å². The zero-order valence-electron chi connectivity index (χ0n) is 15.0. The highest BCUT2D eigenvalue weighted by Crippen LogP contribution is 2.29. The van der Waals surface area contributed by atoms with E-state index in [1.165, 1.54) is 6.92 Å². The highest BCUT2D eigenvalue weighted by Gasteiger charge is 2.34. The van der Waals surface area contributed by atoms with Crippen LogP contribution in [0.25, 0.3) is 0 Å². The molecule has 0 radical (unpaired) electrons. The molecular formula is C14H29O12P. The van der Waals surface area contributed by atoms with Crippen molar-refractivity contribution in [3.63, 3.8) is 0 Å². The molecule has 0 saturated carbocycles. The predicted molar refractivity (Wildman–Crippen MR) is 91.4 cm³/mol. The van der Waals surface area contributed by atoms with E-state index in [1.807, 2.05) is 0 Å². The Labute approximate surface area is 157 Å². The molecule has 0 bridgehead atoms. The van der Waals surface area contributed by atoms with Crippen LogP contribution in [0.1, 0.15) is 13.3 Å². The van der Waals surface area contributed by atoms with Crippen LogP contribution in [0.15, 0.2) is 0 Å². The van der Waals surface area contributed by atoms with Crippen molar-refractivity contribution in [1.29, 1.82) is 0 Å². The summed E-state index contributed by atoms with van der Waals surface area (Å²) in [7, 11) is -2.62. The lowest BCUT2D eigenvalue weighted by atomic mass is 9.91. The monoisotopic (exact) mass is 420 g/mol. The number of aliphatic hydroxyl groups excluding tert-OH is 5. The first kappa shape index (κ1) is 28.4. The Bertz CT molecular complexity index is 389. The van der Waals surface area contributed by atoms with Crippen molar-refractivity contribution in [3.8, 4) is 0 Å². The summed E-state index contributed by atoms with van der Waals surface area (Å²) in [5.41, 5.74) is -2.48. The fourth-order valence-electron chi connectivity index (χ4n) is 1.45. The second-order valence-corrected chi connectivity index (χ2v) is 6.85. The van der Waals surface area contributed by atoms with E-state index in [0.717, 1.165) is 0 Å². The molecule has 8 N–H and O–H groups in total. The number of carboxylic acid groups (broad SMARTS) is 1. The Morgan fingerprint density at radius 3 is 1.48 bits per heavy atom. The molecular weight excluding hydrogens is 391 g/mol. The first-order valence-corrected chi connectivity index (χ1v) is 8.86. The highest BCUT2D eigenvalue weighted by molar-refractivity contribution is 7.39. The Morgan fingerprint density at radius 1 is 0.815 bits per heavy atom. The third-order valence-corrected chi connectivity index (χ3v) is 3.74. The summed E-state index contributed by atoms with van der Waals surface area (Å²) < 4.78 is 9.79. The van der Waals surface area contributed by atoms with E-state index in [2.05, 4.69) is 4.52 Å². The number of Topliss-reactive ketones (excluding diaryl/α,β-unsaturated/α-hetero) is 1. The summed E-state index contributed by atoms with van der Waals surface area (Å²) in [4.78, 5) is 36.8.